The van der Waals surface area contributed by atoms with Crippen molar-refractivity contribution in [3.8, 4) is 0 Å². The monoisotopic (exact) mass is 234 g/mol. The number of Topliss-reactive ketones (excluding diaryl/α,β-unsaturated/α-hetero) is 1. The maximum absolute atomic E-state index is 12.7. The summed E-state index contributed by atoms with van der Waals surface area (Å²) in [5, 5.41) is 0. The molecule has 3 rings (SSSR count). The van der Waals surface area contributed by atoms with E-state index < -0.39 is 0 Å². The van der Waals surface area contributed by atoms with Crippen LogP contribution in [0.5, 0.6) is 0 Å². The summed E-state index contributed by atoms with van der Waals surface area (Å²) in [7, 11) is 0. The summed E-state index contributed by atoms with van der Waals surface area (Å²) < 4.78 is 0. The molecule has 3 saturated carbocycles. The van der Waals surface area contributed by atoms with Gasteiger partial charge in [0.25, 0.3) is 0 Å². The van der Waals surface area contributed by atoms with Crippen molar-refractivity contribution >= 4 is 5.78 Å². The molecule has 0 aromatic rings. The minimum Gasteiger partial charge on any atom is -0.298 e. The summed E-state index contributed by atoms with van der Waals surface area (Å²) in [5.74, 6) is 2.40. The highest BCUT2D eigenvalue weighted by molar-refractivity contribution is 5.96. The molecule has 0 aromatic heterocycles. The summed E-state index contributed by atoms with van der Waals surface area (Å²) in [6.07, 6.45) is 11.2. The summed E-state index contributed by atoms with van der Waals surface area (Å²) in [6, 6.07) is 0. The van der Waals surface area contributed by atoms with Crippen molar-refractivity contribution in [2.24, 2.45) is 22.7 Å². The molecule has 0 unspecified atom stereocenters. The number of hydrogen-bond acceptors (Lipinski definition) is 1. The zero-order chi connectivity index (χ0) is 12.1. The van der Waals surface area contributed by atoms with Crippen LogP contribution in [0.3, 0.4) is 0 Å². The Morgan fingerprint density at radius 2 is 1.18 bits per heavy atom. The van der Waals surface area contributed by atoms with Crippen molar-refractivity contribution in [1.82, 2.24) is 0 Å². The number of carbonyl (C=O) groups excluding carboxylic acids is 1. The first-order valence-electron chi connectivity index (χ1n) is 7.61. The van der Waals surface area contributed by atoms with Crippen LogP contribution in [-0.4, -0.2) is 5.78 Å². The number of ketones is 1. The highest BCUT2D eigenvalue weighted by Gasteiger charge is 2.62. The Morgan fingerprint density at radius 3 is 1.47 bits per heavy atom. The molecule has 0 aliphatic heterocycles. The van der Waals surface area contributed by atoms with E-state index >= 15 is 0 Å². The quantitative estimate of drug-likeness (QED) is 0.609. The van der Waals surface area contributed by atoms with Crippen molar-refractivity contribution in [1.29, 1.82) is 0 Å². The molecule has 0 saturated heterocycles. The van der Waals surface area contributed by atoms with Crippen LogP contribution in [0.1, 0.15) is 71.6 Å². The fourth-order valence-corrected chi connectivity index (χ4v) is 4.70. The maximum Gasteiger partial charge on any atom is 0.145 e. The third kappa shape index (κ3) is 1.69. The molecular weight excluding hydrogens is 208 g/mol. The second kappa shape index (κ2) is 3.83. The van der Waals surface area contributed by atoms with E-state index in [0.29, 0.717) is 5.78 Å². The zero-order valence-electron chi connectivity index (χ0n) is 11.4. The smallest absolute Gasteiger partial charge is 0.145 e. The average molecular weight is 234 g/mol. The second-order valence-corrected chi connectivity index (χ2v) is 7.43. The van der Waals surface area contributed by atoms with Gasteiger partial charge in [-0.2, -0.15) is 0 Å². The number of rotatable bonds is 0. The van der Waals surface area contributed by atoms with Crippen molar-refractivity contribution in [2.75, 3.05) is 0 Å². The van der Waals surface area contributed by atoms with Crippen LogP contribution in [0.4, 0.5) is 0 Å². The first-order chi connectivity index (χ1) is 8.06. The molecule has 17 heavy (non-hydrogen) atoms. The Balaban J connectivity index is 1.68. The molecule has 0 amide bonds. The lowest BCUT2D eigenvalue weighted by Crippen LogP contribution is -2.59. The van der Waals surface area contributed by atoms with Gasteiger partial charge >= 0.3 is 0 Å². The molecule has 0 aromatic carbocycles. The Kier molecular flexibility index (Phi) is 2.65. The molecule has 0 bridgehead atoms. The zero-order valence-corrected chi connectivity index (χ0v) is 11.4. The van der Waals surface area contributed by atoms with Gasteiger partial charge in [0, 0.05) is 10.8 Å². The van der Waals surface area contributed by atoms with Gasteiger partial charge in [-0.1, -0.05) is 13.8 Å². The van der Waals surface area contributed by atoms with E-state index in [1.807, 2.05) is 0 Å². The van der Waals surface area contributed by atoms with E-state index in [-0.39, 0.29) is 10.8 Å². The third-order valence-corrected chi connectivity index (χ3v) is 6.10. The van der Waals surface area contributed by atoms with E-state index in [0.717, 1.165) is 11.8 Å². The van der Waals surface area contributed by atoms with Gasteiger partial charge in [-0.05, 0) is 69.6 Å². The lowest BCUT2D eigenvalue weighted by atomic mass is 9.43. The largest absolute Gasteiger partial charge is 0.298 e. The van der Waals surface area contributed by atoms with Crippen LogP contribution in [-0.2, 0) is 4.79 Å². The number of hydrogen-bond donors (Lipinski definition) is 0. The Hall–Kier alpha value is -0.330. The summed E-state index contributed by atoms with van der Waals surface area (Å²) in [4.78, 5) is 12.7. The predicted octanol–water partition coefficient (Wildman–Crippen LogP) is 4.35. The molecule has 96 valence electrons. The molecule has 1 heteroatoms. The van der Waals surface area contributed by atoms with Crippen molar-refractivity contribution < 1.29 is 4.79 Å². The highest BCUT2D eigenvalue weighted by Crippen LogP contribution is 2.63. The van der Waals surface area contributed by atoms with Crippen LogP contribution in [0.2, 0.25) is 0 Å². The molecule has 0 heterocycles. The van der Waals surface area contributed by atoms with Crippen molar-refractivity contribution in [3.05, 3.63) is 0 Å². The van der Waals surface area contributed by atoms with Gasteiger partial charge in [-0.25, -0.2) is 0 Å². The van der Waals surface area contributed by atoms with E-state index in [4.69, 9.17) is 0 Å². The lowest BCUT2D eigenvalue weighted by Gasteiger charge is -2.59. The number of carbonyl (C=O) groups is 1. The average Bonchev–Trinajstić information content (AvgIpc) is 2.35. The molecule has 0 N–H and O–H groups in total. The van der Waals surface area contributed by atoms with E-state index in [2.05, 4.69) is 13.8 Å². The minimum atomic E-state index is 0.160. The molecule has 3 fully saturated rings. The van der Waals surface area contributed by atoms with Gasteiger partial charge in [0.2, 0.25) is 0 Å². The summed E-state index contributed by atoms with van der Waals surface area (Å²) in [6.45, 7) is 4.68. The molecule has 1 nitrogen and oxygen atoms in total. The fraction of sp³-hybridized carbons (Fsp3) is 0.938. The molecule has 3 aliphatic carbocycles. The molecule has 0 radical (unpaired) electrons. The Labute approximate surface area is 105 Å². The Morgan fingerprint density at radius 1 is 0.824 bits per heavy atom. The van der Waals surface area contributed by atoms with Gasteiger partial charge < -0.3 is 0 Å². The molecule has 0 atom stereocenters. The van der Waals surface area contributed by atoms with Gasteiger partial charge in [-0.3, -0.25) is 4.79 Å². The Bertz CT molecular complexity index is 284. The van der Waals surface area contributed by atoms with E-state index in [9.17, 15) is 4.79 Å². The highest BCUT2D eigenvalue weighted by atomic mass is 16.1. The predicted molar refractivity (Wildman–Crippen MR) is 69.8 cm³/mol. The van der Waals surface area contributed by atoms with Crippen molar-refractivity contribution in [3.63, 3.8) is 0 Å². The summed E-state index contributed by atoms with van der Waals surface area (Å²) >= 11 is 0. The van der Waals surface area contributed by atoms with Gasteiger partial charge in [0.1, 0.15) is 5.78 Å². The van der Waals surface area contributed by atoms with Gasteiger partial charge in [-0.15, -0.1) is 0 Å². The first-order valence-corrected chi connectivity index (χ1v) is 7.61. The SMILES string of the molecule is CC1CC[C@]2(CC1)C[C@@]1(CCC(C)CC1)C2=O. The summed E-state index contributed by atoms with van der Waals surface area (Å²) in [5.41, 5.74) is 0.320. The third-order valence-electron chi connectivity index (χ3n) is 6.10. The topological polar surface area (TPSA) is 17.1 Å². The van der Waals surface area contributed by atoms with Crippen LogP contribution in [0, 0.1) is 22.7 Å². The van der Waals surface area contributed by atoms with Gasteiger partial charge in [0.15, 0.2) is 0 Å². The lowest BCUT2D eigenvalue weighted by molar-refractivity contribution is -0.168. The van der Waals surface area contributed by atoms with Crippen LogP contribution < -0.4 is 0 Å². The van der Waals surface area contributed by atoms with Crippen LogP contribution in [0.25, 0.3) is 0 Å². The standard InChI is InChI=1S/C16H26O/c1-12-3-7-15(8-4-12)11-16(14(15)17)9-5-13(2)6-10-16/h12-13H,3-11H2,1-2H3/t12?,13?,15-,16-. The van der Waals surface area contributed by atoms with Gasteiger partial charge in [0.05, 0.1) is 0 Å². The minimum absolute atomic E-state index is 0.160. The first kappa shape index (κ1) is 11.7. The van der Waals surface area contributed by atoms with Crippen LogP contribution >= 0.6 is 0 Å². The van der Waals surface area contributed by atoms with E-state index in [1.54, 1.807) is 0 Å². The second-order valence-electron chi connectivity index (χ2n) is 7.43. The molecule has 3 aliphatic rings. The fourth-order valence-electron chi connectivity index (χ4n) is 4.70. The maximum atomic E-state index is 12.7. The van der Waals surface area contributed by atoms with Crippen LogP contribution in [0.15, 0.2) is 0 Å². The molecule has 2 spiro atoms. The van der Waals surface area contributed by atoms with E-state index in [1.165, 1.54) is 57.8 Å². The molecular formula is C16H26O. The van der Waals surface area contributed by atoms with Crippen molar-refractivity contribution in [2.45, 2.75) is 71.6 Å². The normalized spacial score (nSPS) is 50.6.